The van der Waals surface area contributed by atoms with Gasteiger partial charge in [0.1, 0.15) is 17.7 Å². The van der Waals surface area contributed by atoms with E-state index in [1.54, 1.807) is 19.1 Å². The van der Waals surface area contributed by atoms with Crippen LogP contribution in [0.2, 0.25) is 0 Å². The maximum atomic E-state index is 13.3. The number of nitrogens with one attached hydrogen (secondary N) is 2. The molecule has 0 spiro atoms. The van der Waals surface area contributed by atoms with Gasteiger partial charge in [0, 0.05) is 32.2 Å². The maximum Gasteiger partial charge on any atom is 0.191 e. The topological polar surface area (TPSA) is 78.4 Å². The van der Waals surface area contributed by atoms with Crippen molar-refractivity contribution in [1.29, 1.82) is 0 Å². The first-order chi connectivity index (χ1) is 13.4. The third-order valence-electron chi connectivity index (χ3n) is 4.28. The lowest BCUT2D eigenvalue weighted by Crippen LogP contribution is -2.48. The molecular weight excluding hydrogens is 363 g/mol. The van der Waals surface area contributed by atoms with Crippen LogP contribution in [0.25, 0.3) is 0 Å². The molecule has 28 heavy (non-hydrogen) atoms. The van der Waals surface area contributed by atoms with E-state index in [1.165, 1.54) is 12.1 Å². The first-order valence-electron chi connectivity index (χ1n) is 9.85. The molecule has 1 aromatic carbocycles. The summed E-state index contributed by atoms with van der Waals surface area (Å²) in [5.74, 6) is 0.777. The second kappa shape index (κ2) is 11.2. The number of ether oxygens (including phenoxy) is 2. The highest BCUT2D eigenvalue weighted by atomic mass is 19.1. The Bertz CT molecular complexity index is 621. The Kier molecular flexibility index (Phi) is 8.95. The van der Waals surface area contributed by atoms with Crippen LogP contribution in [0.4, 0.5) is 4.39 Å². The Labute approximate surface area is 166 Å². The van der Waals surface area contributed by atoms with E-state index in [1.807, 2.05) is 13.8 Å². The zero-order chi connectivity index (χ0) is 20.4. The number of rotatable bonds is 9. The Hall–Kier alpha value is -1.90. The normalized spacial score (nSPS) is 19.0. The van der Waals surface area contributed by atoms with Crippen LogP contribution < -0.4 is 15.4 Å². The largest absolute Gasteiger partial charge is 0.489 e. The van der Waals surface area contributed by atoms with E-state index in [-0.39, 0.29) is 18.5 Å². The number of halogens is 1. The minimum atomic E-state index is -0.927. The molecule has 0 bridgehead atoms. The van der Waals surface area contributed by atoms with Crippen molar-refractivity contribution >= 4 is 5.96 Å². The van der Waals surface area contributed by atoms with E-state index in [4.69, 9.17) is 9.47 Å². The first kappa shape index (κ1) is 22.4. The van der Waals surface area contributed by atoms with Crippen molar-refractivity contribution in [2.75, 3.05) is 52.5 Å². The number of β-amino-alcohol motifs (C(OH)–C–C–N with tert-alkyl or cyclic N) is 1. The average Bonchev–Trinajstić information content (AvgIpc) is 2.64. The van der Waals surface area contributed by atoms with Gasteiger partial charge in [0.05, 0.1) is 31.9 Å². The van der Waals surface area contributed by atoms with Crippen LogP contribution in [0.15, 0.2) is 29.3 Å². The molecule has 7 nitrogen and oxygen atoms in total. The fourth-order valence-corrected chi connectivity index (χ4v) is 2.94. The van der Waals surface area contributed by atoms with Crippen LogP contribution in [0.1, 0.15) is 20.8 Å². The van der Waals surface area contributed by atoms with Crippen molar-refractivity contribution < 1.29 is 19.0 Å². The summed E-state index contributed by atoms with van der Waals surface area (Å²) >= 11 is 0. The lowest BCUT2D eigenvalue weighted by molar-refractivity contribution is -0.0180. The number of nitrogens with zero attached hydrogens (tertiary/aromatic N) is 2. The Morgan fingerprint density at radius 3 is 2.82 bits per heavy atom. The van der Waals surface area contributed by atoms with Crippen molar-refractivity contribution in [2.45, 2.75) is 32.5 Å². The number of aliphatic imine (C=N–C) groups is 1. The second-order valence-corrected chi connectivity index (χ2v) is 7.35. The summed E-state index contributed by atoms with van der Waals surface area (Å²) in [4.78, 5) is 6.70. The van der Waals surface area contributed by atoms with Crippen LogP contribution in [0.5, 0.6) is 5.75 Å². The fraction of sp³-hybridized carbons (Fsp3) is 0.650. The van der Waals surface area contributed by atoms with E-state index in [2.05, 4.69) is 20.5 Å². The number of benzene rings is 1. The van der Waals surface area contributed by atoms with Gasteiger partial charge in [-0.15, -0.1) is 0 Å². The van der Waals surface area contributed by atoms with E-state index >= 15 is 0 Å². The number of hydrogen-bond donors (Lipinski definition) is 3. The quantitative estimate of drug-likeness (QED) is 0.431. The predicted molar refractivity (Wildman–Crippen MR) is 108 cm³/mol. The molecule has 0 radical (unpaired) electrons. The van der Waals surface area contributed by atoms with Crippen LogP contribution in [0, 0.1) is 5.82 Å². The van der Waals surface area contributed by atoms with Crippen LogP contribution >= 0.6 is 0 Å². The van der Waals surface area contributed by atoms with E-state index in [0.29, 0.717) is 44.6 Å². The molecule has 3 N–H and O–H groups in total. The van der Waals surface area contributed by atoms with Crippen molar-refractivity contribution in [3.63, 3.8) is 0 Å². The van der Waals surface area contributed by atoms with Gasteiger partial charge in [-0.3, -0.25) is 9.89 Å². The molecular formula is C20H33FN4O3. The molecule has 0 aromatic heterocycles. The van der Waals surface area contributed by atoms with Crippen molar-refractivity contribution in [1.82, 2.24) is 15.5 Å². The van der Waals surface area contributed by atoms with Gasteiger partial charge in [0.15, 0.2) is 5.96 Å². The Morgan fingerprint density at radius 1 is 1.39 bits per heavy atom. The number of aliphatic hydroxyl groups is 1. The molecule has 8 heteroatoms. The molecule has 1 aromatic rings. The number of guanidine groups is 1. The maximum absolute atomic E-state index is 13.3. The van der Waals surface area contributed by atoms with Gasteiger partial charge in [0.25, 0.3) is 0 Å². The average molecular weight is 397 g/mol. The first-order valence-corrected chi connectivity index (χ1v) is 9.85. The summed E-state index contributed by atoms with van der Waals surface area (Å²) in [5.41, 5.74) is -0.927. The summed E-state index contributed by atoms with van der Waals surface area (Å²) < 4.78 is 24.3. The van der Waals surface area contributed by atoms with Gasteiger partial charge in [-0.25, -0.2) is 4.39 Å². The fourth-order valence-electron chi connectivity index (χ4n) is 2.94. The number of hydrogen-bond acceptors (Lipinski definition) is 5. The molecule has 2 unspecified atom stereocenters. The van der Waals surface area contributed by atoms with E-state index < -0.39 is 5.60 Å². The molecule has 0 amide bonds. The molecule has 1 saturated heterocycles. The van der Waals surface area contributed by atoms with Gasteiger partial charge in [-0.1, -0.05) is 6.07 Å². The lowest BCUT2D eigenvalue weighted by atomic mass is 10.1. The standard InChI is InChI=1S/C20H33FN4O3/c1-4-22-19(23-13-16(2)28-18-7-5-6-17(21)12-18)24-14-20(3,26)15-25-8-10-27-11-9-25/h5-7,12,16,26H,4,8-11,13-15H2,1-3H3,(H2,22,23,24). The van der Waals surface area contributed by atoms with E-state index in [0.717, 1.165) is 13.1 Å². The van der Waals surface area contributed by atoms with Gasteiger partial charge >= 0.3 is 0 Å². The summed E-state index contributed by atoms with van der Waals surface area (Å²) in [6.45, 7) is 10.8. The van der Waals surface area contributed by atoms with Gasteiger partial charge in [-0.05, 0) is 32.9 Å². The monoisotopic (exact) mass is 396 g/mol. The smallest absolute Gasteiger partial charge is 0.191 e. The molecule has 1 heterocycles. The minimum absolute atomic E-state index is 0.181. The molecule has 0 saturated carbocycles. The molecule has 1 fully saturated rings. The Balaban J connectivity index is 1.83. The summed E-state index contributed by atoms with van der Waals surface area (Å²) in [6.07, 6.45) is -0.181. The molecule has 158 valence electrons. The predicted octanol–water partition coefficient (Wildman–Crippen LogP) is 1.23. The van der Waals surface area contributed by atoms with Crippen molar-refractivity contribution in [3.05, 3.63) is 30.1 Å². The summed E-state index contributed by atoms with van der Waals surface area (Å²) in [6, 6.07) is 6.09. The zero-order valence-electron chi connectivity index (χ0n) is 17.1. The summed E-state index contributed by atoms with van der Waals surface area (Å²) in [7, 11) is 0. The summed E-state index contributed by atoms with van der Waals surface area (Å²) in [5, 5.41) is 17.0. The molecule has 0 aliphatic carbocycles. The molecule has 2 atom stereocenters. The van der Waals surface area contributed by atoms with Crippen LogP contribution in [0.3, 0.4) is 0 Å². The number of morpholine rings is 1. The van der Waals surface area contributed by atoms with Crippen LogP contribution in [-0.2, 0) is 4.74 Å². The lowest BCUT2D eigenvalue weighted by Gasteiger charge is -2.33. The SMILES string of the molecule is CCNC(=NCC(C)(O)CN1CCOCC1)NCC(C)Oc1cccc(F)c1. The Morgan fingerprint density at radius 2 is 2.14 bits per heavy atom. The van der Waals surface area contributed by atoms with Gasteiger partial charge < -0.3 is 25.2 Å². The highest BCUT2D eigenvalue weighted by molar-refractivity contribution is 5.79. The molecule has 1 aliphatic heterocycles. The van der Waals surface area contributed by atoms with E-state index in [9.17, 15) is 9.50 Å². The third-order valence-corrected chi connectivity index (χ3v) is 4.28. The van der Waals surface area contributed by atoms with Gasteiger partial charge in [-0.2, -0.15) is 0 Å². The highest BCUT2D eigenvalue weighted by Gasteiger charge is 2.25. The van der Waals surface area contributed by atoms with Crippen LogP contribution in [-0.4, -0.2) is 80.2 Å². The zero-order valence-corrected chi connectivity index (χ0v) is 17.1. The minimum Gasteiger partial charge on any atom is -0.489 e. The van der Waals surface area contributed by atoms with Crippen molar-refractivity contribution in [3.8, 4) is 5.75 Å². The third kappa shape index (κ3) is 8.41. The van der Waals surface area contributed by atoms with Gasteiger partial charge in [0.2, 0.25) is 0 Å². The molecule has 2 rings (SSSR count). The molecule has 1 aliphatic rings. The van der Waals surface area contributed by atoms with Crippen molar-refractivity contribution in [2.24, 2.45) is 4.99 Å². The highest BCUT2D eigenvalue weighted by Crippen LogP contribution is 2.13. The second-order valence-electron chi connectivity index (χ2n) is 7.35.